The Morgan fingerprint density at radius 3 is 2.85 bits per heavy atom. The molecule has 0 saturated carbocycles. The van der Waals surface area contributed by atoms with Gasteiger partial charge >= 0.3 is 0 Å². The van der Waals surface area contributed by atoms with Gasteiger partial charge in [0.05, 0.1) is 17.8 Å². The molecule has 0 radical (unpaired) electrons. The van der Waals surface area contributed by atoms with Gasteiger partial charge in [0.15, 0.2) is 5.49 Å². The van der Waals surface area contributed by atoms with Crippen molar-refractivity contribution in [1.82, 2.24) is 9.58 Å². The highest BCUT2D eigenvalue weighted by Gasteiger charge is 2.19. The average Bonchev–Trinajstić information content (AvgIpc) is 3.06. The highest BCUT2D eigenvalue weighted by molar-refractivity contribution is 7.99. The molecule has 8 heteroatoms. The van der Waals surface area contributed by atoms with Crippen LogP contribution in [0.15, 0.2) is 29.4 Å². The lowest BCUT2D eigenvalue weighted by Gasteiger charge is -2.26. The number of rotatable bonds is 4. The van der Waals surface area contributed by atoms with Crippen molar-refractivity contribution in [1.29, 1.82) is 0 Å². The van der Waals surface area contributed by atoms with E-state index in [2.05, 4.69) is 29.5 Å². The summed E-state index contributed by atoms with van der Waals surface area (Å²) < 4.78 is 1.54. The third-order valence-corrected chi connectivity index (χ3v) is 5.90. The van der Waals surface area contributed by atoms with Crippen LogP contribution in [0.5, 0.6) is 0 Å². The van der Waals surface area contributed by atoms with E-state index in [0.717, 1.165) is 29.5 Å². The van der Waals surface area contributed by atoms with Crippen molar-refractivity contribution in [2.24, 2.45) is 4.99 Å². The molecule has 3 N–H and O–H groups in total. The van der Waals surface area contributed by atoms with Crippen molar-refractivity contribution in [2.45, 2.75) is 13.5 Å². The SMILES string of the molecule is C#CNn1cc(C(=O)N2CCSCC2)cc(N)c1=NCc1ccc(C)s1. The van der Waals surface area contributed by atoms with Gasteiger partial charge in [0.25, 0.3) is 5.91 Å². The maximum atomic E-state index is 12.7. The summed E-state index contributed by atoms with van der Waals surface area (Å²) in [5.41, 5.74) is 10.4. The smallest absolute Gasteiger partial charge is 0.255 e. The molecule has 26 heavy (non-hydrogen) atoms. The van der Waals surface area contributed by atoms with Gasteiger partial charge in [-0.2, -0.15) is 11.8 Å². The Balaban J connectivity index is 1.92. The highest BCUT2D eigenvalue weighted by atomic mass is 32.2. The summed E-state index contributed by atoms with van der Waals surface area (Å²) in [6, 6.07) is 8.16. The standard InChI is InChI=1S/C18H21N5OS2/c1-3-21-23-12-14(18(24)22-6-8-25-9-7-22)10-16(19)17(23)20-11-15-5-4-13(2)26-15/h1,4-5,10,12,21H,6-9,11,19H2,2H3. The number of aryl methyl sites for hydroxylation is 1. The monoisotopic (exact) mass is 387 g/mol. The van der Waals surface area contributed by atoms with Crippen LogP contribution in [0.3, 0.4) is 0 Å². The van der Waals surface area contributed by atoms with Crippen LogP contribution in [0.25, 0.3) is 0 Å². The van der Waals surface area contributed by atoms with E-state index in [1.165, 1.54) is 4.88 Å². The zero-order valence-corrected chi connectivity index (χ0v) is 16.2. The van der Waals surface area contributed by atoms with E-state index in [0.29, 0.717) is 23.3 Å². The van der Waals surface area contributed by atoms with Gasteiger partial charge in [-0.3, -0.25) is 15.2 Å². The van der Waals surface area contributed by atoms with Crippen LogP contribution < -0.4 is 16.6 Å². The number of nitrogens with zero attached hydrogens (tertiary/aromatic N) is 3. The largest absolute Gasteiger partial charge is 0.396 e. The molecule has 1 saturated heterocycles. The van der Waals surface area contributed by atoms with Crippen LogP contribution in [0, 0.1) is 19.4 Å². The van der Waals surface area contributed by atoms with E-state index < -0.39 is 0 Å². The molecule has 0 aromatic carbocycles. The van der Waals surface area contributed by atoms with Crippen LogP contribution >= 0.6 is 23.1 Å². The Morgan fingerprint density at radius 1 is 1.42 bits per heavy atom. The van der Waals surface area contributed by atoms with E-state index in [4.69, 9.17) is 12.2 Å². The topological polar surface area (TPSA) is 75.7 Å². The molecule has 3 heterocycles. The number of hydrogen-bond donors (Lipinski definition) is 2. The quantitative estimate of drug-likeness (QED) is 0.620. The van der Waals surface area contributed by atoms with Gasteiger partial charge in [-0.1, -0.05) is 6.42 Å². The first-order valence-electron chi connectivity index (χ1n) is 8.25. The molecular formula is C18H21N5OS2. The second-order valence-electron chi connectivity index (χ2n) is 5.87. The number of thioether (sulfide) groups is 1. The second kappa shape index (κ2) is 8.34. The number of nitrogens with two attached hydrogens (primary N) is 1. The predicted octanol–water partition coefficient (Wildman–Crippen LogP) is 1.86. The number of terminal acetylenes is 1. The summed E-state index contributed by atoms with van der Waals surface area (Å²) in [4.78, 5) is 21.5. The van der Waals surface area contributed by atoms with E-state index in [1.54, 1.807) is 28.3 Å². The average molecular weight is 388 g/mol. The lowest BCUT2D eigenvalue weighted by atomic mass is 10.2. The summed E-state index contributed by atoms with van der Waals surface area (Å²) in [6.07, 6.45) is 7.06. The van der Waals surface area contributed by atoms with Crippen LogP contribution in [0.2, 0.25) is 0 Å². The zero-order chi connectivity index (χ0) is 18.5. The number of thiophene rings is 1. The molecule has 1 fully saturated rings. The predicted molar refractivity (Wildman–Crippen MR) is 109 cm³/mol. The van der Waals surface area contributed by atoms with Gasteiger partial charge in [-0.05, 0) is 25.1 Å². The van der Waals surface area contributed by atoms with E-state index in [9.17, 15) is 4.79 Å². The molecule has 2 aromatic heterocycles. The molecule has 1 aliphatic rings. The summed E-state index contributed by atoms with van der Waals surface area (Å²) in [5.74, 6) is 1.87. The van der Waals surface area contributed by atoms with Crippen molar-refractivity contribution >= 4 is 34.7 Å². The molecule has 0 spiro atoms. The minimum Gasteiger partial charge on any atom is -0.396 e. The van der Waals surface area contributed by atoms with Crippen molar-refractivity contribution in [2.75, 3.05) is 35.8 Å². The maximum absolute atomic E-state index is 12.7. The second-order valence-corrected chi connectivity index (χ2v) is 8.46. The normalized spacial score (nSPS) is 14.9. The number of nitrogen functional groups attached to an aromatic ring is 1. The third-order valence-electron chi connectivity index (χ3n) is 3.98. The van der Waals surface area contributed by atoms with Crippen LogP contribution in [-0.4, -0.2) is 40.1 Å². The van der Waals surface area contributed by atoms with Crippen LogP contribution in [0.1, 0.15) is 20.1 Å². The molecule has 136 valence electrons. The number of anilines is 1. The summed E-state index contributed by atoms with van der Waals surface area (Å²) in [5, 5.41) is 0. The fourth-order valence-corrected chi connectivity index (χ4v) is 4.44. The summed E-state index contributed by atoms with van der Waals surface area (Å²) >= 11 is 3.55. The molecule has 0 atom stereocenters. The Morgan fingerprint density at radius 2 is 2.19 bits per heavy atom. The fourth-order valence-electron chi connectivity index (χ4n) is 2.72. The van der Waals surface area contributed by atoms with Crippen LogP contribution in [0.4, 0.5) is 5.69 Å². The van der Waals surface area contributed by atoms with Gasteiger partial charge in [-0.15, -0.1) is 11.3 Å². The Hall–Kier alpha value is -2.37. The minimum absolute atomic E-state index is 0.0370. The first kappa shape index (κ1) is 18.4. The molecule has 0 bridgehead atoms. The zero-order valence-electron chi connectivity index (χ0n) is 14.6. The Labute approximate surface area is 161 Å². The number of amides is 1. The molecule has 3 rings (SSSR count). The van der Waals surface area contributed by atoms with Crippen molar-refractivity contribution in [3.05, 3.63) is 45.2 Å². The Kier molecular flexibility index (Phi) is 5.91. The maximum Gasteiger partial charge on any atom is 0.255 e. The fraction of sp³-hybridized carbons (Fsp3) is 0.333. The van der Waals surface area contributed by atoms with Crippen molar-refractivity contribution < 1.29 is 4.79 Å². The van der Waals surface area contributed by atoms with Gasteiger partial charge in [0, 0.05) is 46.6 Å². The van der Waals surface area contributed by atoms with E-state index in [1.807, 2.05) is 22.7 Å². The highest BCUT2D eigenvalue weighted by Crippen LogP contribution is 2.16. The van der Waals surface area contributed by atoms with Gasteiger partial charge in [0.2, 0.25) is 0 Å². The first-order valence-corrected chi connectivity index (χ1v) is 10.2. The van der Waals surface area contributed by atoms with Crippen molar-refractivity contribution in [3.63, 3.8) is 0 Å². The van der Waals surface area contributed by atoms with Crippen LogP contribution in [-0.2, 0) is 6.54 Å². The molecule has 2 aromatic rings. The third kappa shape index (κ3) is 4.23. The summed E-state index contributed by atoms with van der Waals surface area (Å²) in [6.45, 7) is 4.05. The minimum atomic E-state index is -0.0370. The molecule has 0 aliphatic carbocycles. The van der Waals surface area contributed by atoms with Gasteiger partial charge in [-0.25, -0.2) is 4.68 Å². The Bertz CT molecular complexity index is 903. The van der Waals surface area contributed by atoms with Crippen molar-refractivity contribution in [3.8, 4) is 12.5 Å². The molecule has 1 aliphatic heterocycles. The van der Waals surface area contributed by atoms with Gasteiger partial charge < -0.3 is 10.6 Å². The summed E-state index contributed by atoms with van der Waals surface area (Å²) in [7, 11) is 0. The first-order chi connectivity index (χ1) is 12.6. The lowest BCUT2D eigenvalue weighted by molar-refractivity contribution is 0.0771. The van der Waals surface area contributed by atoms with E-state index in [-0.39, 0.29) is 5.91 Å². The number of hydrogen-bond acceptors (Lipinski definition) is 6. The molecule has 0 unspecified atom stereocenters. The number of carbonyl (C=O) groups is 1. The number of carbonyl (C=O) groups excluding carboxylic acids is 1. The number of pyridine rings is 1. The molecule has 1 amide bonds. The van der Waals surface area contributed by atoms with Gasteiger partial charge in [0.1, 0.15) is 0 Å². The molecule has 6 nitrogen and oxygen atoms in total. The lowest BCUT2D eigenvalue weighted by Crippen LogP contribution is -2.39. The number of nitrogens with one attached hydrogen (secondary N) is 1. The van der Waals surface area contributed by atoms with E-state index >= 15 is 0 Å². The number of aromatic nitrogens is 1. The molecular weight excluding hydrogens is 366 g/mol.